The van der Waals surface area contributed by atoms with Gasteiger partial charge in [-0.3, -0.25) is 0 Å². The molecule has 0 amide bonds. The Morgan fingerprint density at radius 3 is 2.89 bits per heavy atom. The van der Waals surface area contributed by atoms with E-state index in [2.05, 4.69) is 39.0 Å². The van der Waals surface area contributed by atoms with Gasteiger partial charge in [-0.25, -0.2) is 0 Å². The number of fused-ring (bicyclic) bond motifs is 1. The number of benzene rings is 1. The summed E-state index contributed by atoms with van der Waals surface area (Å²) in [5.74, 6) is 1.61. The van der Waals surface area contributed by atoms with Gasteiger partial charge in [0.15, 0.2) is 0 Å². The Balaban J connectivity index is 2.24. The minimum Gasteiger partial charge on any atom is -0.488 e. The quantitative estimate of drug-likeness (QED) is 0.885. The van der Waals surface area contributed by atoms with Gasteiger partial charge in [-0.15, -0.1) is 0 Å². The second-order valence-corrected chi connectivity index (χ2v) is 6.06. The van der Waals surface area contributed by atoms with Gasteiger partial charge in [-0.1, -0.05) is 19.1 Å². The molecule has 0 saturated carbocycles. The minimum absolute atomic E-state index is 0.0321. The number of aryl methyl sites for hydroxylation is 1. The van der Waals surface area contributed by atoms with Crippen LogP contribution in [0.2, 0.25) is 0 Å². The summed E-state index contributed by atoms with van der Waals surface area (Å²) in [6, 6.07) is 6.66. The fourth-order valence-corrected chi connectivity index (χ4v) is 2.67. The van der Waals surface area contributed by atoms with Crippen LogP contribution in [-0.2, 0) is 6.42 Å². The van der Waals surface area contributed by atoms with Crippen molar-refractivity contribution >= 4 is 0 Å². The molecule has 0 aromatic heterocycles. The lowest BCUT2D eigenvalue weighted by atomic mass is 9.94. The van der Waals surface area contributed by atoms with Crippen LogP contribution in [0.25, 0.3) is 0 Å². The summed E-state index contributed by atoms with van der Waals surface area (Å²) >= 11 is 0. The third kappa shape index (κ3) is 3.05. The summed E-state index contributed by atoms with van der Waals surface area (Å²) in [5, 5.41) is 0. The van der Waals surface area contributed by atoms with Gasteiger partial charge in [0.2, 0.25) is 0 Å². The molecular formula is C16H25NO. The van der Waals surface area contributed by atoms with Crippen molar-refractivity contribution < 1.29 is 4.74 Å². The normalized spacial score (nSPS) is 19.6. The molecule has 0 saturated heterocycles. The molecule has 0 fully saturated rings. The summed E-state index contributed by atoms with van der Waals surface area (Å²) in [4.78, 5) is 0. The van der Waals surface area contributed by atoms with Crippen molar-refractivity contribution in [1.82, 2.24) is 0 Å². The van der Waals surface area contributed by atoms with E-state index in [1.54, 1.807) is 0 Å². The standard InChI is InChI=1S/C16H25NO/c1-12(8-10-17)13-6-7-15-14(11-13)5-4-9-16(2,3)18-15/h6-7,11-12H,4-5,8-10,17H2,1-3H3. The zero-order valence-electron chi connectivity index (χ0n) is 11.8. The van der Waals surface area contributed by atoms with Crippen LogP contribution in [0.1, 0.15) is 57.1 Å². The highest BCUT2D eigenvalue weighted by atomic mass is 16.5. The molecule has 2 heteroatoms. The lowest BCUT2D eigenvalue weighted by Gasteiger charge is -2.25. The largest absolute Gasteiger partial charge is 0.488 e. The van der Waals surface area contributed by atoms with Crippen LogP contribution in [-0.4, -0.2) is 12.1 Å². The van der Waals surface area contributed by atoms with Crippen molar-refractivity contribution in [3.63, 3.8) is 0 Å². The maximum absolute atomic E-state index is 6.11. The highest BCUT2D eigenvalue weighted by Crippen LogP contribution is 2.33. The molecule has 18 heavy (non-hydrogen) atoms. The second kappa shape index (κ2) is 5.31. The topological polar surface area (TPSA) is 35.2 Å². The average molecular weight is 247 g/mol. The number of hydrogen-bond acceptors (Lipinski definition) is 2. The van der Waals surface area contributed by atoms with Crippen molar-refractivity contribution in [2.24, 2.45) is 5.73 Å². The SMILES string of the molecule is CC(CCN)c1ccc2c(c1)CCCC(C)(C)O2. The molecule has 2 nitrogen and oxygen atoms in total. The molecule has 100 valence electrons. The minimum atomic E-state index is -0.0321. The first-order valence-electron chi connectivity index (χ1n) is 7.04. The molecule has 0 aliphatic carbocycles. The maximum atomic E-state index is 6.11. The van der Waals surface area contributed by atoms with Crippen LogP contribution < -0.4 is 10.5 Å². The van der Waals surface area contributed by atoms with Crippen LogP contribution >= 0.6 is 0 Å². The Morgan fingerprint density at radius 1 is 1.39 bits per heavy atom. The van der Waals surface area contributed by atoms with Crippen molar-refractivity contribution in [2.45, 2.75) is 58.0 Å². The number of rotatable bonds is 3. The van der Waals surface area contributed by atoms with Gasteiger partial charge in [0.1, 0.15) is 11.4 Å². The van der Waals surface area contributed by atoms with Gasteiger partial charge in [-0.05, 0) is 69.2 Å². The molecule has 2 rings (SSSR count). The van der Waals surface area contributed by atoms with E-state index in [9.17, 15) is 0 Å². The molecule has 1 aromatic carbocycles. The van der Waals surface area contributed by atoms with Crippen molar-refractivity contribution in [3.05, 3.63) is 29.3 Å². The summed E-state index contributed by atoms with van der Waals surface area (Å²) in [7, 11) is 0. The molecule has 1 heterocycles. The van der Waals surface area contributed by atoms with E-state index in [0.717, 1.165) is 31.6 Å². The third-order valence-corrected chi connectivity index (χ3v) is 3.86. The Hall–Kier alpha value is -1.02. The molecule has 1 unspecified atom stereocenters. The molecule has 0 spiro atoms. The summed E-state index contributed by atoms with van der Waals surface area (Å²) in [5.41, 5.74) is 8.36. The predicted molar refractivity (Wildman–Crippen MR) is 76.2 cm³/mol. The molecule has 1 aliphatic heterocycles. The van der Waals surface area contributed by atoms with E-state index in [-0.39, 0.29) is 5.60 Å². The van der Waals surface area contributed by atoms with Crippen LogP contribution in [0.15, 0.2) is 18.2 Å². The monoisotopic (exact) mass is 247 g/mol. The highest BCUT2D eigenvalue weighted by molar-refractivity contribution is 5.39. The first kappa shape index (κ1) is 13.4. The first-order chi connectivity index (χ1) is 8.52. The second-order valence-electron chi connectivity index (χ2n) is 6.06. The molecule has 2 N–H and O–H groups in total. The zero-order chi connectivity index (χ0) is 13.2. The molecule has 0 radical (unpaired) electrons. The van der Waals surface area contributed by atoms with E-state index >= 15 is 0 Å². The van der Waals surface area contributed by atoms with E-state index in [1.165, 1.54) is 17.5 Å². The maximum Gasteiger partial charge on any atom is 0.123 e. The Labute approximate surface area is 111 Å². The summed E-state index contributed by atoms with van der Waals surface area (Å²) in [6.07, 6.45) is 4.50. The molecular weight excluding hydrogens is 222 g/mol. The van der Waals surface area contributed by atoms with Gasteiger partial charge in [0, 0.05) is 0 Å². The van der Waals surface area contributed by atoms with E-state index in [4.69, 9.17) is 10.5 Å². The van der Waals surface area contributed by atoms with Crippen molar-refractivity contribution in [1.29, 1.82) is 0 Å². The molecule has 1 aromatic rings. The average Bonchev–Trinajstić information content (AvgIpc) is 2.45. The van der Waals surface area contributed by atoms with Crippen molar-refractivity contribution in [2.75, 3.05) is 6.54 Å². The predicted octanol–water partition coefficient (Wildman–Crippen LogP) is 3.63. The fraction of sp³-hybridized carbons (Fsp3) is 0.625. The Bertz CT molecular complexity index is 412. The fourth-order valence-electron chi connectivity index (χ4n) is 2.67. The van der Waals surface area contributed by atoms with Crippen LogP contribution in [0, 0.1) is 0 Å². The lowest BCUT2D eigenvalue weighted by Crippen LogP contribution is -2.26. The van der Waals surface area contributed by atoms with E-state index < -0.39 is 0 Å². The van der Waals surface area contributed by atoms with Gasteiger partial charge >= 0.3 is 0 Å². The van der Waals surface area contributed by atoms with Gasteiger partial charge < -0.3 is 10.5 Å². The van der Waals surface area contributed by atoms with Crippen LogP contribution in [0.4, 0.5) is 0 Å². The number of ether oxygens (including phenoxy) is 1. The van der Waals surface area contributed by atoms with Crippen LogP contribution in [0.5, 0.6) is 5.75 Å². The molecule has 1 aliphatic rings. The summed E-state index contributed by atoms with van der Waals surface area (Å²) < 4.78 is 6.11. The number of hydrogen-bond donors (Lipinski definition) is 1. The van der Waals surface area contributed by atoms with Gasteiger partial charge in [-0.2, -0.15) is 0 Å². The summed E-state index contributed by atoms with van der Waals surface area (Å²) in [6.45, 7) is 7.35. The van der Waals surface area contributed by atoms with Crippen LogP contribution in [0.3, 0.4) is 0 Å². The molecule has 0 bridgehead atoms. The lowest BCUT2D eigenvalue weighted by molar-refractivity contribution is 0.103. The van der Waals surface area contributed by atoms with Gasteiger partial charge in [0.05, 0.1) is 0 Å². The third-order valence-electron chi connectivity index (χ3n) is 3.86. The Kier molecular flexibility index (Phi) is 3.96. The number of nitrogens with two attached hydrogens (primary N) is 1. The van der Waals surface area contributed by atoms with E-state index in [1.807, 2.05) is 0 Å². The zero-order valence-corrected chi connectivity index (χ0v) is 11.8. The smallest absolute Gasteiger partial charge is 0.123 e. The van der Waals surface area contributed by atoms with E-state index in [0.29, 0.717) is 5.92 Å². The first-order valence-corrected chi connectivity index (χ1v) is 7.04. The molecule has 1 atom stereocenters. The van der Waals surface area contributed by atoms with Gasteiger partial charge in [0.25, 0.3) is 0 Å². The Morgan fingerprint density at radius 2 is 2.17 bits per heavy atom. The highest BCUT2D eigenvalue weighted by Gasteiger charge is 2.24. The van der Waals surface area contributed by atoms with Crippen molar-refractivity contribution in [3.8, 4) is 5.75 Å².